The van der Waals surface area contributed by atoms with Gasteiger partial charge in [-0.25, -0.2) is 8.42 Å². The second-order valence-corrected chi connectivity index (χ2v) is 9.26. The first-order chi connectivity index (χ1) is 11.4. The lowest BCUT2D eigenvalue weighted by atomic mass is 10.1. The van der Waals surface area contributed by atoms with Crippen LogP contribution in [0.2, 0.25) is 0 Å². The highest BCUT2D eigenvalue weighted by atomic mass is 32.3. The molecule has 0 saturated carbocycles. The number of sulfonamides is 1. The molecule has 4 nitrogen and oxygen atoms in total. The maximum absolute atomic E-state index is 13.4. The molecule has 1 saturated heterocycles. The number of benzene rings is 2. The molecule has 1 heterocycles. The number of hydrogen-bond donors (Lipinski definition) is 0. The Balaban J connectivity index is 1.82. The van der Waals surface area contributed by atoms with Crippen molar-refractivity contribution in [3.8, 4) is 0 Å². The smallest absolute Gasteiger partial charge is 0.255 e. The predicted molar refractivity (Wildman–Crippen MR) is 95.0 cm³/mol. The van der Waals surface area contributed by atoms with Crippen molar-refractivity contribution >= 4 is 22.3 Å². The standard InChI is InChI=1S/C18H19NO3S2/c1-11-8-12(2)18(13(3)9-11)24(20,21)19-17-15-7-5-4-6-14(15)10-16(17)22-23-19/h4-9,16-17H,10H2,1-3H3/t16-,17+/m1/s1. The normalized spacial score (nSPS) is 23.3. The molecule has 0 spiro atoms. The Morgan fingerprint density at radius 3 is 2.50 bits per heavy atom. The van der Waals surface area contributed by atoms with Crippen LogP contribution in [0.25, 0.3) is 0 Å². The topological polar surface area (TPSA) is 46.6 Å². The van der Waals surface area contributed by atoms with Crippen molar-refractivity contribution in [2.24, 2.45) is 0 Å². The number of rotatable bonds is 2. The molecule has 2 aliphatic rings. The van der Waals surface area contributed by atoms with E-state index in [4.69, 9.17) is 4.18 Å². The minimum absolute atomic E-state index is 0.117. The summed E-state index contributed by atoms with van der Waals surface area (Å²) in [7, 11) is -3.64. The SMILES string of the molecule is Cc1cc(C)c(S(=O)(=O)N2SO[C@@H]3Cc4ccccc4[C@@H]32)c(C)c1. The summed E-state index contributed by atoms with van der Waals surface area (Å²) in [6.45, 7) is 5.69. The van der Waals surface area contributed by atoms with Crippen LogP contribution < -0.4 is 0 Å². The van der Waals surface area contributed by atoms with Crippen LogP contribution in [0.4, 0.5) is 0 Å². The third kappa shape index (κ3) is 2.32. The first kappa shape index (κ1) is 16.1. The van der Waals surface area contributed by atoms with Crippen molar-refractivity contribution in [1.82, 2.24) is 3.71 Å². The average molecular weight is 361 g/mol. The van der Waals surface area contributed by atoms with Gasteiger partial charge in [0.2, 0.25) is 0 Å². The molecular formula is C18H19NO3S2. The number of aryl methyl sites for hydroxylation is 3. The summed E-state index contributed by atoms with van der Waals surface area (Å²) in [5.41, 5.74) is 4.85. The third-order valence-corrected chi connectivity index (χ3v) is 8.05. The van der Waals surface area contributed by atoms with Crippen LogP contribution >= 0.6 is 12.2 Å². The van der Waals surface area contributed by atoms with Gasteiger partial charge in [0.15, 0.2) is 0 Å². The molecular weight excluding hydrogens is 342 g/mol. The van der Waals surface area contributed by atoms with E-state index in [0.29, 0.717) is 4.90 Å². The molecule has 2 aromatic rings. The average Bonchev–Trinajstić information content (AvgIpc) is 3.04. The minimum atomic E-state index is -3.64. The van der Waals surface area contributed by atoms with Crippen LogP contribution in [0, 0.1) is 20.8 Å². The van der Waals surface area contributed by atoms with Gasteiger partial charge in [-0.15, -0.1) is 3.71 Å². The Kier molecular flexibility index (Phi) is 3.76. The fourth-order valence-electron chi connectivity index (χ4n) is 3.87. The van der Waals surface area contributed by atoms with Crippen molar-refractivity contribution < 1.29 is 12.6 Å². The molecule has 2 atom stereocenters. The van der Waals surface area contributed by atoms with E-state index in [-0.39, 0.29) is 12.1 Å². The van der Waals surface area contributed by atoms with Crippen LogP contribution in [0.3, 0.4) is 0 Å². The van der Waals surface area contributed by atoms with Gasteiger partial charge >= 0.3 is 0 Å². The molecule has 1 aliphatic heterocycles. The highest BCUT2D eigenvalue weighted by Gasteiger charge is 2.49. The van der Waals surface area contributed by atoms with Crippen molar-refractivity contribution in [3.05, 3.63) is 64.2 Å². The molecule has 6 heteroatoms. The largest absolute Gasteiger partial charge is 0.295 e. The summed E-state index contributed by atoms with van der Waals surface area (Å²) in [5, 5.41) is 0. The van der Waals surface area contributed by atoms with Gasteiger partial charge in [-0.2, -0.15) is 0 Å². The molecule has 0 amide bonds. The fourth-order valence-corrected chi connectivity index (χ4v) is 6.89. The van der Waals surface area contributed by atoms with Crippen molar-refractivity contribution in [3.63, 3.8) is 0 Å². The number of nitrogens with zero attached hydrogens (tertiary/aromatic N) is 1. The lowest BCUT2D eigenvalue weighted by Crippen LogP contribution is -2.29. The highest BCUT2D eigenvalue weighted by Crippen LogP contribution is 2.51. The molecule has 24 heavy (non-hydrogen) atoms. The van der Waals surface area contributed by atoms with Crippen molar-refractivity contribution in [2.75, 3.05) is 0 Å². The van der Waals surface area contributed by atoms with E-state index < -0.39 is 10.0 Å². The summed E-state index contributed by atoms with van der Waals surface area (Å²) in [6.07, 6.45) is 0.638. The molecule has 0 N–H and O–H groups in total. The van der Waals surface area contributed by atoms with E-state index in [2.05, 4.69) is 6.07 Å². The van der Waals surface area contributed by atoms with Crippen LogP contribution in [0.1, 0.15) is 33.9 Å². The second kappa shape index (κ2) is 5.59. The van der Waals surface area contributed by atoms with E-state index >= 15 is 0 Å². The first-order valence-electron chi connectivity index (χ1n) is 7.93. The van der Waals surface area contributed by atoms with E-state index in [0.717, 1.165) is 40.9 Å². The maximum Gasteiger partial charge on any atom is 0.255 e. The van der Waals surface area contributed by atoms with Gasteiger partial charge < -0.3 is 0 Å². The van der Waals surface area contributed by atoms with Crippen LogP contribution in [0.15, 0.2) is 41.3 Å². The Morgan fingerprint density at radius 1 is 1.12 bits per heavy atom. The van der Waals surface area contributed by atoms with E-state index in [9.17, 15) is 8.42 Å². The fraction of sp³-hybridized carbons (Fsp3) is 0.333. The molecule has 0 radical (unpaired) electrons. The molecule has 4 rings (SSSR count). The molecule has 126 valence electrons. The Morgan fingerprint density at radius 2 is 1.79 bits per heavy atom. The molecule has 1 aliphatic carbocycles. The van der Waals surface area contributed by atoms with Crippen LogP contribution in [0.5, 0.6) is 0 Å². The maximum atomic E-state index is 13.4. The van der Waals surface area contributed by atoms with E-state index in [1.807, 2.05) is 51.1 Å². The highest BCUT2D eigenvalue weighted by molar-refractivity contribution is 8.06. The molecule has 0 unspecified atom stereocenters. The summed E-state index contributed by atoms with van der Waals surface area (Å²) in [4.78, 5) is 0.397. The van der Waals surface area contributed by atoms with Gasteiger partial charge in [-0.3, -0.25) is 4.18 Å². The molecule has 0 aromatic heterocycles. The quantitative estimate of drug-likeness (QED) is 0.602. The van der Waals surface area contributed by atoms with Gasteiger partial charge in [-0.1, -0.05) is 42.0 Å². The molecule has 1 fully saturated rings. The lowest BCUT2D eigenvalue weighted by Gasteiger charge is -2.22. The van der Waals surface area contributed by atoms with E-state index in [1.54, 1.807) is 0 Å². The zero-order valence-electron chi connectivity index (χ0n) is 13.8. The number of hydrogen-bond acceptors (Lipinski definition) is 4. The zero-order chi connectivity index (χ0) is 17.1. The summed E-state index contributed by atoms with van der Waals surface area (Å²) >= 11 is 0.967. The van der Waals surface area contributed by atoms with Gasteiger partial charge in [0.05, 0.1) is 29.3 Å². The summed E-state index contributed by atoms with van der Waals surface area (Å²) < 4.78 is 33.9. The third-order valence-electron chi connectivity index (χ3n) is 4.71. The first-order valence-corrected chi connectivity index (χ1v) is 10.1. The van der Waals surface area contributed by atoms with E-state index in [1.165, 1.54) is 9.27 Å². The molecule has 0 bridgehead atoms. The van der Waals surface area contributed by atoms with Gasteiger partial charge in [0.25, 0.3) is 10.0 Å². The monoisotopic (exact) mass is 361 g/mol. The van der Waals surface area contributed by atoms with Gasteiger partial charge in [-0.05, 0) is 43.0 Å². The number of fused-ring (bicyclic) bond motifs is 3. The Hall–Kier alpha value is -1.34. The van der Waals surface area contributed by atoms with Crippen LogP contribution in [-0.2, 0) is 20.6 Å². The summed E-state index contributed by atoms with van der Waals surface area (Å²) in [6, 6.07) is 11.6. The predicted octanol–water partition coefficient (Wildman–Crippen LogP) is 3.86. The zero-order valence-corrected chi connectivity index (χ0v) is 15.4. The van der Waals surface area contributed by atoms with Crippen molar-refractivity contribution in [1.29, 1.82) is 0 Å². The molecule has 2 aromatic carbocycles. The lowest BCUT2D eigenvalue weighted by molar-refractivity contribution is 0.236. The van der Waals surface area contributed by atoms with Crippen molar-refractivity contribution in [2.45, 2.75) is 44.2 Å². The Bertz CT molecular complexity index is 901. The second-order valence-electron chi connectivity index (χ2n) is 6.55. The van der Waals surface area contributed by atoms with Crippen LogP contribution in [-0.4, -0.2) is 18.2 Å². The Labute approximate surface area is 147 Å². The van der Waals surface area contributed by atoms with Gasteiger partial charge in [0, 0.05) is 6.42 Å². The van der Waals surface area contributed by atoms with Gasteiger partial charge in [0.1, 0.15) is 0 Å². The summed E-state index contributed by atoms with van der Waals surface area (Å²) in [5.74, 6) is 0. The minimum Gasteiger partial charge on any atom is -0.295 e.